The molecule has 1 aliphatic heterocycles. The van der Waals surface area contributed by atoms with Crippen molar-refractivity contribution >= 4 is 46.3 Å². The number of aliphatic carboxylic acids is 1. The van der Waals surface area contributed by atoms with Gasteiger partial charge in [-0.25, -0.2) is 0 Å². The Kier molecular flexibility index (Phi) is 8.26. The Morgan fingerprint density at radius 2 is 1.87 bits per heavy atom. The lowest BCUT2D eigenvalue weighted by molar-refractivity contribution is -0.137. The second-order valence-electron chi connectivity index (χ2n) is 7.35. The van der Waals surface area contributed by atoms with Crippen LogP contribution in [0.5, 0.6) is 5.75 Å². The van der Waals surface area contributed by atoms with Crippen molar-refractivity contribution in [3.8, 4) is 5.75 Å². The molecule has 0 aliphatic carbocycles. The van der Waals surface area contributed by atoms with E-state index in [1.807, 2.05) is 49.4 Å². The van der Waals surface area contributed by atoms with E-state index in [9.17, 15) is 9.59 Å². The molecule has 5 nitrogen and oxygen atoms in total. The standard InChI is InChI=1S/C24H25NO4S2/c1-17-10-12-18(13-11-17)16-29-20-8-5-4-7-19(20)15-21-23(28)25(24(30)31-21)14-6-2-3-9-22(26)27/h4-5,7-8,10-13,15H,2-3,6,9,14,16H2,1H3,(H,26,27)/b21-15+. The molecule has 0 spiro atoms. The number of hydrogen-bond donors (Lipinski definition) is 1. The summed E-state index contributed by atoms with van der Waals surface area (Å²) in [5.74, 6) is -0.194. The Bertz CT molecular complexity index is 985. The minimum absolute atomic E-state index is 0.110. The van der Waals surface area contributed by atoms with Crippen LogP contribution in [0.25, 0.3) is 6.08 Å². The summed E-state index contributed by atoms with van der Waals surface area (Å²) in [6.45, 7) is 3.00. The van der Waals surface area contributed by atoms with Crippen molar-refractivity contribution in [3.63, 3.8) is 0 Å². The fourth-order valence-electron chi connectivity index (χ4n) is 3.13. The number of thioether (sulfide) groups is 1. The molecule has 0 atom stereocenters. The number of nitrogens with zero attached hydrogens (tertiary/aromatic N) is 1. The molecule has 1 saturated heterocycles. The molecule has 1 N–H and O–H groups in total. The highest BCUT2D eigenvalue weighted by Crippen LogP contribution is 2.34. The fraction of sp³-hybridized carbons (Fsp3) is 0.292. The molecule has 1 fully saturated rings. The first kappa shape index (κ1) is 23.0. The van der Waals surface area contributed by atoms with E-state index in [1.165, 1.54) is 17.3 Å². The molecule has 7 heteroatoms. The maximum atomic E-state index is 12.8. The van der Waals surface area contributed by atoms with Crippen LogP contribution in [-0.4, -0.2) is 32.7 Å². The van der Waals surface area contributed by atoms with Gasteiger partial charge in [0.05, 0.1) is 4.91 Å². The summed E-state index contributed by atoms with van der Waals surface area (Å²) < 4.78 is 6.55. The SMILES string of the molecule is Cc1ccc(COc2ccccc2/C=C2/SC(=S)N(CCCCCC(=O)O)C2=O)cc1. The smallest absolute Gasteiger partial charge is 0.303 e. The monoisotopic (exact) mass is 455 g/mol. The first-order chi connectivity index (χ1) is 14.9. The lowest BCUT2D eigenvalue weighted by Gasteiger charge is -2.14. The van der Waals surface area contributed by atoms with Gasteiger partial charge in [-0.2, -0.15) is 0 Å². The number of carboxylic acids is 1. The Morgan fingerprint density at radius 3 is 2.61 bits per heavy atom. The van der Waals surface area contributed by atoms with E-state index in [0.29, 0.717) is 34.5 Å². The van der Waals surface area contributed by atoms with Crippen molar-refractivity contribution in [1.82, 2.24) is 4.90 Å². The zero-order chi connectivity index (χ0) is 22.2. The van der Waals surface area contributed by atoms with Gasteiger partial charge >= 0.3 is 5.97 Å². The number of carboxylic acid groups (broad SMARTS) is 1. The van der Waals surface area contributed by atoms with E-state index in [2.05, 4.69) is 12.1 Å². The predicted molar refractivity (Wildman–Crippen MR) is 128 cm³/mol. The topological polar surface area (TPSA) is 66.8 Å². The summed E-state index contributed by atoms with van der Waals surface area (Å²) in [6, 6.07) is 15.8. The van der Waals surface area contributed by atoms with Gasteiger partial charge < -0.3 is 9.84 Å². The quantitative estimate of drug-likeness (QED) is 0.293. The summed E-state index contributed by atoms with van der Waals surface area (Å²) in [5.41, 5.74) is 3.11. The number of amides is 1. The Balaban J connectivity index is 1.63. The van der Waals surface area contributed by atoms with E-state index in [0.717, 1.165) is 24.0 Å². The van der Waals surface area contributed by atoms with Crippen LogP contribution in [0.15, 0.2) is 53.4 Å². The van der Waals surface area contributed by atoms with E-state index in [1.54, 1.807) is 4.90 Å². The molecule has 0 unspecified atom stereocenters. The fourth-order valence-corrected chi connectivity index (χ4v) is 4.43. The molecule has 1 aliphatic rings. The summed E-state index contributed by atoms with van der Waals surface area (Å²) >= 11 is 6.68. The normalized spacial score (nSPS) is 15.0. The highest BCUT2D eigenvalue weighted by atomic mass is 32.2. The third-order valence-electron chi connectivity index (χ3n) is 4.87. The highest BCUT2D eigenvalue weighted by Gasteiger charge is 2.31. The zero-order valence-corrected chi connectivity index (χ0v) is 19.0. The number of rotatable bonds is 10. The van der Waals surface area contributed by atoms with Gasteiger partial charge in [0.2, 0.25) is 0 Å². The van der Waals surface area contributed by atoms with Gasteiger partial charge in [-0.1, -0.05) is 78.4 Å². The van der Waals surface area contributed by atoms with Crippen LogP contribution in [0.4, 0.5) is 0 Å². The molecule has 2 aromatic carbocycles. The number of aryl methyl sites for hydroxylation is 1. The van der Waals surface area contributed by atoms with Crippen LogP contribution in [0.3, 0.4) is 0 Å². The van der Waals surface area contributed by atoms with Crippen molar-refractivity contribution in [3.05, 3.63) is 70.1 Å². The van der Waals surface area contributed by atoms with Gasteiger partial charge in [-0.05, 0) is 37.5 Å². The van der Waals surface area contributed by atoms with Crippen molar-refractivity contribution in [2.75, 3.05) is 6.54 Å². The molecule has 3 rings (SSSR count). The summed E-state index contributed by atoms with van der Waals surface area (Å²) in [6.07, 6.45) is 4.05. The third-order valence-corrected chi connectivity index (χ3v) is 6.24. The van der Waals surface area contributed by atoms with E-state index < -0.39 is 5.97 Å². The zero-order valence-electron chi connectivity index (χ0n) is 17.4. The van der Waals surface area contributed by atoms with Crippen molar-refractivity contribution < 1.29 is 19.4 Å². The Hall–Kier alpha value is -2.64. The Morgan fingerprint density at radius 1 is 1.13 bits per heavy atom. The van der Waals surface area contributed by atoms with Gasteiger partial charge in [0.15, 0.2) is 0 Å². The molecule has 0 bridgehead atoms. The highest BCUT2D eigenvalue weighted by molar-refractivity contribution is 8.26. The van der Waals surface area contributed by atoms with Crippen LogP contribution < -0.4 is 4.74 Å². The first-order valence-electron chi connectivity index (χ1n) is 10.2. The molecule has 0 saturated carbocycles. The Labute approximate surface area is 192 Å². The van der Waals surface area contributed by atoms with Crippen LogP contribution in [0.2, 0.25) is 0 Å². The van der Waals surface area contributed by atoms with Gasteiger partial charge in [-0.15, -0.1) is 0 Å². The summed E-state index contributed by atoms with van der Waals surface area (Å²) in [5, 5.41) is 8.71. The average Bonchev–Trinajstić information content (AvgIpc) is 3.01. The molecule has 0 aromatic heterocycles. The number of unbranched alkanes of at least 4 members (excludes halogenated alkanes) is 2. The second-order valence-corrected chi connectivity index (χ2v) is 9.03. The number of benzene rings is 2. The van der Waals surface area contributed by atoms with Crippen LogP contribution in [0.1, 0.15) is 42.4 Å². The lowest BCUT2D eigenvalue weighted by Crippen LogP contribution is -2.29. The van der Waals surface area contributed by atoms with Crippen molar-refractivity contribution in [1.29, 1.82) is 0 Å². The number of carbonyl (C=O) groups excluding carboxylic acids is 1. The maximum Gasteiger partial charge on any atom is 0.303 e. The number of para-hydroxylation sites is 1. The molecule has 1 amide bonds. The first-order valence-corrected chi connectivity index (χ1v) is 11.4. The van der Waals surface area contributed by atoms with Gasteiger partial charge in [0.25, 0.3) is 5.91 Å². The van der Waals surface area contributed by atoms with Crippen molar-refractivity contribution in [2.45, 2.75) is 39.2 Å². The molecule has 1 heterocycles. The maximum absolute atomic E-state index is 12.8. The van der Waals surface area contributed by atoms with Crippen LogP contribution in [-0.2, 0) is 16.2 Å². The predicted octanol–water partition coefficient (Wildman–Crippen LogP) is 5.42. The van der Waals surface area contributed by atoms with Crippen molar-refractivity contribution in [2.24, 2.45) is 0 Å². The molecular weight excluding hydrogens is 430 g/mol. The van der Waals surface area contributed by atoms with E-state index >= 15 is 0 Å². The molecule has 0 radical (unpaired) electrons. The number of ether oxygens (including phenoxy) is 1. The van der Waals surface area contributed by atoms with Gasteiger partial charge in [0.1, 0.15) is 16.7 Å². The summed E-state index contributed by atoms with van der Waals surface area (Å²) in [4.78, 5) is 25.6. The third kappa shape index (κ3) is 6.67. The lowest BCUT2D eigenvalue weighted by atomic mass is 10.1. The van der Waals surface area contributed by atoms with E-state index in [-0.39, 0.29) is 12.3 Å². The average molecular weight is 456 g/mol. The largest absolute Gasteiger partial charge is 0.488 e. The van der Waals surface area contributed by atoms with Gasteiger partial charge in [0, 0.05) is 18.5 Å². The molecule has 162 valence electrons. The molecule has 31 heavy (non-hydrogen) atoms. The van der Waals surface area contributed by atoms with E-state index in [4.69, 9.17) is 22.1 Å². The molecular formula is C24H25NO4S2. The number of carbonyl (C=O) groups is 2. The minimum atomic E-state index is -0.795. The van der Waals surface area contributed by atoms with Crippen LogP contribution in [0, 0.1) is 6.92 Å². The molecule has 2 aromatic rings. The number of thiocarbonyl (C=S) groups is 1. The second kappa shape index (κ2) is 11.1. The summed E-state index contributed by atoms with van der Waals surface area (Å²) in [7, 11) is 0. The van der Waals surface area contributed by atoms with Crippen LogP contribution >= 0.6 is 24.0 Å². The number of hydrogen-bond acceptors (Lipinski definition) is 5. The minimum Gasteiger partial charge on any atom is -0.488 e. The van der Waals surface area contributed by atoms with Gasteiger partial charge in [-0.3, -0.25) is 14.5 Å².